The average Bonchev–Trinajstić information content (AvgIpc) is 2.92. The third-order valence-corrected chi connectivity index (χ3v) is 4.77. The molecule has 2 aliphatic rings. The molecule has 0 saturated heterocycles. The summed E-state index contributed by atoms with van der Waals surface area (Å²) in [7, 11) is 0. The molecular formula is C21H16ClNO. The van der Waals surface area contributed by atoms with Gasteiger partial charge in [0.25, 0.3) is 0 Å². The fourth-order valence-corrected chi connectivity index (χ4v) is 3.65. The molecule has 1 aliphatic heterocycles. The van der Waals surface area contributed by atoms with Crippen molar-refractivity contribution < 1.29 is 4.79 Å². The van der Waals surface area contributed by atoms with Crippen LogP contribution in [0, 0.1) is 0 Å². The van der Waals surface area contributed by atoms with Crippen molar-refractivity contribution in [1.29, 1.82) is 0 Å². The second-order valence-corrected chi connectivity index (χ2v) is 6.26. The van der Waals surface area contributed by atoms with Crippen LogP contribution in [0.1, 0.15) is 24.0 Å². The first-order valence-electron chi connectivity index (χ1n) is 7.98. The average molecular weight is 334 g/mol. The summed E-state index contributed by atoms with van der Waals surface area (Å²) in [6.07, 6.45) is 5.26. The number of nitrogens with zero attached hydrogens (tertiary/aromatic N) is 1. The van der Waals surface area contributed by atoms with Crippen molar-refractivity contribution in [3.05, 3.63) is 101 Å². The second kappa shape index (κ2) is 6.14. The van der Waals surface area contributed by atoms with Crippen LogP contribution < -0.4 is 0 Å². The summed E-state index contributed by atoms with van der Waals surface area (Å²) in [5, 5.41) is 0. The zero-order chi connectivity index (χ0) is 16.5. The molecule has 0 radical (unpaired) electrons. The Hall–Kier alpha value is -2.58. The molecule has 1 aliphatic carbocycles. The molecule has 0 N–H and O–H groups in total. The lowest BCUT2D eigenvalue weighted by molar-refractivity contribution is -0.123. The summed E-state index contributed by atoms with van der Waals surface area (Å²) in [6.45, 7) is 0. The number of benzene rings is 2. The molecule has 0 spiro atoms. The topological polar surface area (TPSA) is 20.3 Å². The van der Waals surface area contributed by atoms with Crippen molar-refractivity contribution in [1.82, 2.24) is 4.42 Å². The molecule has 1 heterocycles. The van der Waals surface area contributed by atoms with E-state index in [1.165, 1.54) is 4.42 Å². The number of allylic oxidation sites excluding steroid dienone is 3. The molecule has 2 aromatic rings. The van der Waals surface area contributed by atoms with E-state index < -0.39 is 0 Å². The van der Waals surface area contributed by atoms with Gasteiger partial charge in [0.1, 0.15) is 0 Å². The smallest absolute Gasteiger partial charge is 0.246 e. The number of carbonyl (C=O) groups excluding carboxylic acids is 1. The molecule has 2 aromatic carbocycles. The lowest BCUT2D eigenvalue weighted by Gasteiger charge is -2.22. The molecule has 24 heavy (non-hydrogen) atoms. The van der Waals surface area contributed by atoms with E-state index in [-0.39, 0.29) is 5.91 Å². The number of halogens is 1. The van der Waals surface area contributed by atoms with Gasteiger partial charge in [0, 0.05) is 11.8 Å². The van der Waals surface area contributed by atoms with E-state index >= 15 is 0 Å². The highest BCUT2D eigenvalue weighted by molar-refractivity contribution is 6.24. The lowest BCUT2D eigenvalue weighted by Crippen LogP contribution is -2.16. The standard InChI is InChI=1S/C21H16ClNO/c22-23-19(24)14-17-12-7-13-18(21(17)23)20(15-8-3-1-4-9-15)16-10-5-2-6-11-16/h1-12H,13-14H2. The van der Waals surface area contributed by atoms with Gasteiger partial charge in [0.15, 0.2) is 0 Å². The Morgan fingerprint density at radius 3 is 2.08 bits per heavy atom. The molecular weight excluding hydrogens is 318 g/mol. The van der Waals surface area contributed by atoms with Crippen LogP contribution in [0.2, 0.25) is 0 Å². The van der Waals surface area contributed by atoms with Crippen LogP contribution in [-0.2, 0) is 4.79 Å². The minimum atomic E-state index is -0.0637. The van der Waals surface area contributed by atoms with Crippen LogP contribution in [0.3, 0.4) is 0 Å². The summed E-state index contributed by atoms with van der Waals surface area (Å²) < 4.78 is 1.29. The van der Waals surface area contributed by atoms with Gasteiger partial charge in [-0.1, -0.05) is 72.8 Å². The van der Waals surface area contributed by atoms with E-state index in [2.05, 4.69) is 30.3 Å². The Labute approximate surface area is 146 Å². The van der Waals surface area contributed by atoms with Crippen molar-refractivity contribution in [2.24, 2.45) is 0 Å². The van der Waals surface area contributed by atoms with Crippen LogP contribution in [0.5, 0.6) is 0 Å². The van der Waals surface area contributed by atoms with Gasteiger partial charge in [-0.25, -0.2) is 4.42 Å². The first-order chi connectivity index (χ1) is 11.8. The highest BCUT2D eigenvalue weighted by Crippen LogP contribution is 2.42. The highest BCUT2D eigenvalue weighted by atomic mass is 35.5. The molecule has 0 atom stereocenters. The Morgan fingerprint density at radius 1 is 0.917 bits per heavy atom. The lowest BCUT2D eigenvalue weighted by atomic mass is 9.87. The number of hydrogen-bond acceptors (Lipinski definition) is 1. The molecule has 118 valence electrons. The van der Waals surface area contributed by atoms with Crippen molar-refractivity contribution in [3.8, 4) is 0 Å². The monoisotopic (exact) mass is 333 g/mol. The Kier molecular flexibility index (Phi) is 3.83. The van der Waals surface area contributed by atoms with Crippen LogP contribution in [0.15, 0.2) is 89.7 Å². The third-order valence-electron chi connectivity index (χ3n) is 4.41. The Balaban J connectivity index is 1.98. The zero-order valence-electron chi connectivity index (χ0n) is 13.1. The van der Waals surface area contributed by atoms with Gasteiger partial charge < -0.3 is 0 Å². The van der Waals surface area contributed by atoms with E-state index in [0.29, 0.717) is 6.42 Å². The number of carbonyl (C=O) groups is 1. The van der Waals surface area contributed by atoms with Gasteiger partial charge in [0.05, 0.1) is 12.1 Å². The largest absolute Gasteiger partial charge is 0.273 e. The Morgan fingerprint density at radius 2 is 1.50 bits per heavy atom. The van der Waals surface area contributed by atoms with Gasteiger partial charge in [-0.05, 0) is 34.3 Å². The maximum absolute atomic E-state index is 12.1. The summed E-state index contributed by atoms with van der Waals surface area (Å²) in [6, 6.07) is 20.6. The van der Waals surface area contributed by atoms with Crippen molar-refractivity contribution in [2.45, 2.75) is 12.8 Å². The van der Waals surface area contributed by atoms with Gasteiger partial charge in [-0.2, -0.15) is 0 Å². The van der Waals surface area contributed by atoms with E-state index in [4.69, 9.17) is 11.8 Å². The first-order valence-corrected chi connectivity index (χ1v) is 8.32. The fourth-order valence-electron chi connectivity index (χ4n) is 3.38. The van der Waals surface area contributed by atoms with E-state index in [9.17, 15) is 4.79 Å². The molecule has 0 unspecified atom stereocenters. The Bertz CT molecular complexity index is 837. The molecule has 4 rings (SSSR count). The van der Waals surface area contributed by atoms with Crippen LogP contribution in [-0.4, -0.2) is 10.3 Å². The SMILES string of the molecule is O=C1CC2=C(C(=C(c3ccccc3)c3ccccc3)CC=C2)N1Cl. The summed E-state index contributed by atoms with van der Waals surface area (Å²) in [4.78, 5) is 12.1. The van der Waals surface area contributed by atoms with Crippen LogP contribution in [0.4, 0.5) is 0 Å². The predicted molar refractivity (Wildman–Crippen MR) is 97.0 cm³/mol. The fraction of sp³-hybridized carbons (Fsp3) is 0.0952. The van der Waals surface area contributed by atoms with Gasteiger partial charge in [0.2, 0.25) is 5.91 Å². The van der Waals surface area contributed by atoms with Crippen LogP contribution in [0.25, 0.3) is 5.57 Å². The van der Waals surface area contributed by atoms with Gasteiger partial charge >= 0.3 is 0 Å². The predicted octanol–water partition coefficient (Wildman–Crippen LogP) is 5.09. The summed E-state index contributed by atoms with van der Waals surface area (Å²) >= 11 is 6.31. The quantitative estimate of drug-likeness (QED) is 0.701. The summed E-state index contributed by atoms with van der Waals surface area (Å²) in [5.41, 5.74) is 6.35. The number of amides is 1. The molecule has 0 saturated carbocycles. The maximum atomic E-state index is 12.1. The molecule has 0 fully saturated rings. The summed E-state index contributed by atoms with van der Waals surface area (Å²) in [5.74, 6) is -0.0637. The minimum Gasteiger partial charge on any atom is -0.273 e. The van der Waals surface area contributed by atoms with E-state index in [1.807, 2.05) is 42.5 Å². The minimum absolute atomic E-state index is 0.0637. The van der Waals surface area contributed by atoms with Crippen molar-refractivity contribution in [2.75, 3.05) is 0 Å². The molecule has 1 amide bonds. The number of hydrogen-bond donors (Lipinski definition) is 0. The third kappa shape index (κ3) is 2.49. The molecule has 2 nitrogen and oxygen atoms in total. The van der Waals surface area contributed by atoms with E-state index in [0.717, 1.165) is 40.0 Å². The molecule has 0 aromatic heterocycles. The van der Waals surface area contributed by atoms with Crippen LogP contribution >= 0.6 is 11.8 Å². The van der Waals surface area contributed by atoms with E-state index in [1.54, 1.807) is 0 Å². The van der Waals surface area contributed by atoms with Gasteiger partial charge in [-0.3, -0.25) is 4.79 Å². The molecule has 0 bridgehead atoms. The first kappa shape index (κ1) is 15.0. The highest BCUT2D eigenvalue weighted by Gasteiger charge is 2.33. The molecule has 3 heteroatoms. The van der Waals surface area contributed by atoms with Crippen molar-refractivity contribution >= 4 is 23.3 Å². The van der Waals surface area contributed by atoms with Crippen molar-refractivity contribution in [3.63, 3.8) is 0 Å². The zero-order valence-corrected chi connectivity index (χ0v) is 13.8. The number of rotatable bonds is 2. The second-order valence-electron chi connectivity index (χ2n) is 5.92. The van der Waals surface area contributed by atoms with Gasteiger partial charge in [-0.15, -0.1) is 0 Å². The maximum Gasteiger partial charge on any atom is 0.246 e. The normalized spacial score (nSPS) is 16.6.